The van der Waals surface area contributed by atoms with Gasteiger partial charge in [-0.1, -0.05) is 19.8 Å². The largest absolute Gasteiger partial charge is 0.395 e. The zero-order chi connectivity index (χ0) is 12.7. The number of aliphatic hydroxyl groups is 1. The lowest BCUT2D eigenvalue weighted by molar-refractivity contribution is -0.143. The number of nitrogens with zero attached hydrogens (tertiary/aromatic N) is 1. The molecule has 17 heavy (non-hydrogen) atoms. The van der Waals surface area contributed by atoms with Gasteiger partial charge in [0.15, 0.2) is 0 Å². The van der Waals surface area contributed by atoms with Gasteiger partial charge in [0.05, 0.1) is 13.2 Å². The van der Waals surface area contributed by atoms with Crippen molar-refractivity contribution < 1.29 is 14.6 Å². The van der Waals surface area contributed by atoms with Crippen LogP contribution >= 0.6 is 0 Å². The van der Waals surface area contributed by atoms with E-state index in [1.165, 1.54) is 0 Å². The second kappa shape index (κ2) is 6.97. The van der Waals surface area contributed by atoms with E-state index in [1.54, 1.807) is 12.0 Å². The molecule has 0 aromatic rings. The maximum atomic E-state index is 12.6. The Balaban J connectivity index is 2.67. The van der Waals surface area contributed by atoms with Gasteiger partial charge in [0.25, 0.3) is 0 Å². The fraction of sp³-hybridized carbons (Fsp3) is 0.923. The number of carbonyl (C=O) groups excluding carboxylic acids is 1. The Kier molecular flexibility index (Phi) is 5.92. The number of aliphatic hydroxyl groups excluding tert-OH is 1. The second-order valence-corrected chi connectivity index (χ2v) is 4.85. The van der Waals surface area contributed by atoms with Crippen molar-refractivity contribution in [2.24, 2.45) is 5.41 Å². The highest BCUT2D eigenvalue weighted by atomic mass is 16.5. The molecule has 0 radical (unpaired) electrons. The van der Waals surface area contributed by atoms with Crippen LogP contribution in [0.15, 0.2) is 0 Å². The minimum Gasteiger partial charge on any atom is -0.395 e. The van der Waals surface area contributed by atoms with E-state index < -0.39 is 0 Å². The lowest BCUT2D eigenvalue weighted by Gasteiger charge is -2.33. The number of amides is 1. The van der Waals surface area contributed by atoms with Crippen molar-refractivity contribution in [1.82, 2.24) is 4.90 Å². The van der Waals surface area contributed by atoms with Gasteiger partial charge >= 0.3 is 0 Å². The Bertz CT molecular complexity index is 237. The van der Waals surface area contributed by atoms with E-state index in [2.05, 4.69) is 6.92 Å². The highest BCUT2D eigenvalue weighted by Gasteiger charge is 2.41. The van der Waals surface area contributed by atoms with Crippen LogP contribution in [0.3, 0.4) is 0 Å². The molecule has 0 bridgehead atoms. The smallest absolute Gasteiger partial charge is 0.228 e. The third-order valence-corrected chi connectivity index (χ3v) is 3.91. The molecule has 4 nitrogen and oxygen atoms in total. The van der Waals surface area contributed by atoms with Gasteiger partial charge in [-0.2, -0.15) is 0 Å². The summed E-state index contributed by atoms with van der Waals surface area (Å²) in [4.78, 5) is 14.3. The van der Waals surface area contributed by atoms with E-state index in [1.807, 2.05) is 0 Å². The summed E-state index contributed by atoms with van der Waals surface area (Å²) in [6.45, 7) is 3.65. The molecule has 100 valence electrons. The van der Waals surface area contributed by atoms with Gasteiger partial charge in [-0.15, -0.1) is 0 Å². The van der Waals surface area contributed by atoms with Gasteiger partial charge in [0, 0.05) is 25.6 Å². The van der Waals surface area contributed by atoms with Gasteiger partial charge in [0.1, 0.15) is 0 Å². The van der Waals surface area contributed by atoms with Gasteiger partial charge in [-0.25, -0.2) is 0 Å². The molecule has 0 atom stereocenters. The maximum Gasteiger partial charge on any atom is 0.228 e. The summed E-state index contributed by atoms with van der Waals surface area (Å²) >= 11 is 0. The first-order valence-corrected chi connectivity index (χ1v) is 6.59. The first-order chi connectivity index (χ1) is 8.20. The summed E-state index contributed by atoms with van der Waals surface area (Å²) < 4.78 is 5.02. The van der Waals surface area contributed by atoms with Gasteiger partial charge < -0.3 is 14.7 Å². The SMILES string of the molecule is CCC1(C(=O)N(CCO)CCOC)CCCC1. The fourth-order valence-electron chi connectivity index (χ4n) is 2.74. The molecule has 1 aliphatic rings. The predicted molar refractivity (Wildman–Crippen MR) is 66.7 cm³/mol. The standard InChI is InChI=1S/C13H25NO3/c1-3-13(6-4-5-7-13)12(16)14(8-10-15)9-11-17-2/h15H,3-11H2,1-2H3. The number of rotatable bonds is 7. The zero-order valence-electron chi connectivity index (χ0n) is 11.1. The minimum absolute atomic E-state index is 0.0231. The maximum absolute atomic E-state index is 12.6. The van der Waals surface area contributed by atoms with E-state index in [9.17, 15) is 4.79 Å². The number of hydrogen-bond donors (Lipinski definition) is 1. The molecule has 0 spiro atoms. The van der Waals surface area contributed by atoms with Gasteiger partial charge in [-0.3, -0.25) is 4.79 Å². The number of carbonyl (C=O) groups is 1. The Morgan fingerprint density at radius 1 is 1.35 bits per heavy atom. The molecule has 1 fully saturated rings. The van der Waals surface area contributed by atoms with Crippen molar-refractivity contribution in [2.45, 2.75) is 39.0 Å². The normalized spacial score (nSPS) is 18.3. The average molecular weight is 243 g/mol. The van der Waals surface area contributed by atoms with Gasteiger partial charge in [-0.05, 0) is 19.3 Å². The highest BCUT2D eigenvalue weighted by Crippen LogP contribution is 2.42. The third kappa shape index (κ3) is 3.42. The van der Waals surface area contributed by atoms with E-state index >= 15 is 0 Å². The average Bonchev–Trinajstić information content (AvgIpc) is 2.83. The van der Waals surface area contributed by atoms with Crippen LogP contribution < -0.4 is 0 Å². The van der Waals surface area contributed by atoms with Crippen molar-refractivity contribution in [1.29, 1.82) is 0 Å². The minimum atomic E-state index is -0.164. The van der Waals surface area contributed by atoms with Crippen molar-refractivity contribution in [3.63, 3.8) is 0 Å². The van der Waals surface area contributed by atoms with Crippen LogP contribution in [0.5, 0.6) is 0 Å². The van der Waals surface area contributed by atoms with E-state index in [-0.39, 0.29) is 17.9 Å². The number of hydrogen-bond acceptors (Lipinski definition) is 3. The molecule has 0 aromatic heterocycles. The molecule has 1 saturated carbocycles. The first kappa shape index (κ1) is 14.5. The lowest BCUT2D eigenvalue weighted by Crippen LogP contribution is -2.45. The van der Waals surface area contributed by atoms with Crippen molar-refractivity contribution in [3.8, 4) is 0 Å². The Hall–Kier alpha value is -0.610. The van der Waals surface area contributed by atoms with Crippen LogP contribution in [0.1, 0.15) is 39.0 Å². The second-order valence-electron chi connectivity index (χ2n) is 4.85. The van der Waals surface area contributed by atoms with Crippen LogP contribution in [0.4, 0.5) is 0 Å². The summed E-state index contributed by atoms with van der Waals surface area (Å²) in [6, 6.07) is 0. The predicted octanol–water partition coefficient (Wildman–Crippen LogP) is 1.42. The topological polar surface area (TPSA) is 49.8 Å². The Morgan fingerprint density at radius 3 is 2.47 bits per heavy atom. The molecular formula is C13H25NO3. The highest BCUT2D eigenvalue weighted by molar-refractivity contribution is 5.83. The van der Waals surface area contributed by atoms with Crippen LogP contribution in [0.25, 0.3) is 0 Å². The molecule has 1 aliphatic carbocycles. The molecule has 4 heteroatoms. The molecule has 0 saturated heterocycles. The molecule has 0 heterocycles. The Morgan fingerprint density at radius 2 is 2.00 bits per heavy atom. The molecule has 1 N–H and O–H groups in total. The molecule has 0 aromatic carbocycles. The van der Waals surface area contributed by atoms with Crippen molar-refractivity contribution >= 4 is 5.91 Å². The lowest BCUT2D eigenvalue weighted by atomic mass is 9.82. The molecule has 1 amide bonds. The summed E-state index contributed by atoms with van der Waals surface area (Å²) in [7, 11) is 1.63. The van der Waals surface area contributed by atoms with Crippen molar-refractivity contribution in [2.75, 3.05) is 33.4 Å². The molecular weight excluding hydrogens is 218 g/mol. The zero-order valence-corrected chi connectivity index (χ0v) is 11.1. The third-order valence-electron chi connectivity index (χ3n) is 3.91. The Labute approximate surface area is 104 Å². The summed E-state index contributed by atoms with van der Waals surface area (Å²) in [5, 5.41) is 9.05. The fourth-order valence-corrected chi connectivity index (χ4v) is 2.74. The van der Waals surface area contributed by atoms with Crippen LogP contribution in [-0.4, -0.2) is 49.3 Å². The van der Waals surface area contributed by atoms with Crippen LogP contribution in [-0.2, 0) is 9.53 Å². The summed E-state index contributed by atoms with van der Waals surface area (Å²) in [6.07, 6.45) is 5.20. The van der Waals surface area contributed by atoms with Crippen molar-refractivity contribution in [3.05, 3.63) is 0 Å². The first-order valence-electron chi connectivity index (χ1n) is 6.59. The monoisotopic (exact) mass is 243 g/mol. The van der Waals surface area contributed by atoms with Crippen LogP contribution in [0, 0.1) is 5.41 Å². The molecule has 0 unspecified atom stereocenters. The van der Waals surface area contributed by atoms with Gasteiger partial charge in [0.2, 0.25) is 5.91 Å². The summed E-state index contributed by atoms with van der Waals surface area (Å²) in [5.74, 6) is 0.212. The molecule has 1 rings (SSSR count). The van der Waals surface area contributed by atoms with Crippen LogP contribution in [0.2, 0.25) is 0 Å². The van der Waals surface area contributed by atoms with E-state index in [4.69, 9.17) is 9.84 Å². The molecule has 0 aliphatic heterocycles. The number of ether oxygens (including phenoxy) is 1. The quantitative estimate of drug-likeness (QED) is 0.736. The summed E-state index contributed by atoms with van der Waals surface area (Å²) in [5.41, 5.74) is -0.164. The number of methoxy groups -OCH3 is 1. The van der Waals surface area contributed by atoms with E-state index in [0.717, 1.165) is 32.1 Å². The van der Waals surface area contributed by atoms with E-state index in [0.29, 0.717) is 19.7 Å².